The Kier molecular flexibility index (Phi) is 7.19. The summed E-state index contributed by atoms with van der Waals surface area (Å²) in [5.41, 5.74) is 5.93. The Bertz CT molecular complexity index is 1000. The lowest BCUT2D eigenvalue weighted by atomic mass is 9.93. The number of hydrogen-bond acceptors (Lipinski definition) is 6. The highest BCUT2D eigenvalue weighted by atomic mass is 19.1. The summed E-state index contributed by atoms with van der Waals surface area (Å²) in [6.07, 6.45) is -0.784. The smallest absolute Gasteiger partial charge is 0.410 e. The van der Waals surface area contributed by atoms with Crippen molar-refractivity contribution in [3.63, 3.8) is 0 Å². The van der Waals surface area contributed by atoms with Crippen LogP contribution in [-0.4, -0.2) is 59.2 Å². The van der Waals surface area contributed by atoms with Crippen molar-refractivity contribution in [1.82, 2.24) is 14.7 Å². The number of amides is 2. The van der Waals surface area contributed by atoms with Crippen LogP contribution in [-0.2, 0) is 4.74 Å². The quantitative estimate of drug-likeness (QED) is 0.668. The lowest BCUT2D eigenvalue weighted by molar-refractivity contribution is 0.0266. The predicted octanol–water partition coefficient (Wildman–Crippen LogP) is 2.70. The molecule has 3 rings (SSSR count). The van der Waals surface area contributed by atoms with E-state index in [4.69, 9.17) is 10.5 Å². The molecule has 0 bridgehead atoms. The van der Waals surface area contributed by atoms with Gasteiger partial charge in [0.15, 0.2) is 11.9 Å². The van der Waals surface area contributed by atoms with Crippen molar-refractivity contribution in [2.24, 2.45) is 11.7 Å². The molecule has 2 unspecified atom stereocenters. The zero-order valence-electron chi connectivity index (χ0n) is 16.9. The zero-order chi connectivity index (χ0) is 23.3. The minimum atomic E-state index is -1.49. The van der Waals surface area contributed by atoms with Crippen molar-refractivity contribution >= 4 is 23.5 Å². The van der Waals surface area contributed by atoms with Crippen molar-refractivity contribution in [3.05, 3.63) is 41.8 Å². The first-order valence-corrected chi connectivity index (χ1v) is 9.74. The Hall–Kier alpha value is -3.75. The number of hydrogen-bond donors (Lipinski definition) is 2. The average Bonchev–Trinajstić information content (AvgIpc) is 3.22. The van der Waals surface area contributed by atoms with E-state index in [0.717, 1.165) is 0 Å². The van der Waals surface area contributed by atoms with Gasteiger partial charge in [0.05, 0.1) is 18.0 Å². The standard InChI is InChI=1S/C20H21F3N6O3/c21-7-15(8-22)32-20(31)28-6-5-12(9-24)17(11-28)29-10-16(18(25)30)19(27-29)26-14-3-1-13(23)2-4-14/h1-4,10,12,15,17H,5-8,11H2,(H2,25,30)(H,26,27). The summed E-state index contributed by atoms with van der Waals surface area (Å²) in [4.78, 5) is 25.4. The van der Waals surface area contributed by atoms with Gasteiger partial charge in [0.1, 0.15) is 24.7 Å². The number of rotatable bonds is 7. The fourth-order valence-electron chi connectivity index (χ4n) is 3.34. The number of piperidine rings is 1. The molecule has 2 heterocycles. The van der Waals surface area contributed by atoms with Gasteiger partial charge in [-0.15, -0.1) is 0 Å². The van der Waals surface area contributed by atoms with Crippen molar-refractivity contribution in [2.75, 3.05) is 31.8 Å². The number of nitriles is 1. The summed E-state index contributed by atoms with van der Waals surface area (Å²) in [7, 11) is 0. The molecule has 0 saturated carbocycles. The number of nitrogens with zero attached hydrogens (tertiary/aromatic N) is 4. The predicted molar refractivity (Wildman–Crippen MR) is 107 cm³/mol. The summed E-state index contributed by atoms with van der Waals surface area (Å²) < 4.78 is 44.7. The van der Waals surface area contributed by atoms with E-state index in [-0.39, 0.29) is 30.9 Å². The molecule has 1 aliphatic heterocycles. The molecule has 1 aromatic heterocycles. The molecular formula is C20H21F3N6O3. The molecule has 1 fully saturated rings. The largest absolute Gasteiger partial charge is 0.441 e. The van der Waals surface area contributed by atoms with Crippen LogP contribution in [0.2, 0.25) is 0 Å². The number of primary amides is 1. The third kappa shape index (κ3) is 5.11. The molecule has 2 atom stereocenters. The van der Waals surface area contributed by atoms with Crippen LogP contribution in [0.1, 0.15) is 22.8 Å². The van der Waals surface area contributed by atoms with Gasteiger partial charge in [-0.1, -0.05) is 0 Å². The van der Waals surface area contributed by atoms with Crippen LogP contribution in [0.25, 0.3) is 0 Å². The number of benzene rings is 1. The Morgan fingerprint density at radius 2 is 2.00 bits per heavy atom. The van der Waals surface area contributed by atoms with Gasteiger partial charge in [0, 0.05) is 25.0 Å². The van der Waals surface area contributed by atoms with Gasteiger partial charge in [0.2, 0.25) is 0 Å². The van der Waals surface area contributed by atoms with E-state index in [1.54, 1.807) is 0 Å². The highest BCUT2D eigenvalue weighted by molar-refractivity contribution is 5.98. The summed E-state index contributed by atoms with van der Waals surface area (Å²) in [5, 5.41) is 16.7. The molecule has 0 radical (unpaired) electrons. The van der Waals surface area contributed by atoms with E-state index in [2.05, 4.69) is 16.5 Å². The number of aromatic nitrogens is 2. The first-order valence-electron chi connectivity index (χ1n) is 9.74. The maximum absolute atomic E-state index is 13.2. The van der Waals surface area contributed by atoms with Crippen LogP contribution in [0.15, 0.2) is 30.5 Å². The van der Waals surface area contributed by atoms with Crippen LogP contribution >= 0.6 is 0 Å². The van der Waals surface area contributed by atoms with Gasteiger partial charge in [0.25, 0.3) is 5.91 Å². The molecule has 32 heavy (non-hydrogen) atoms. The third-order valence-electron chi connectivity index (χ3n) is 5.06. The number of anilines is 2. The van der Waals surface area contributed by atoms with E-state index in [1.165, 1.54) is 40.0 Å². The minimum Gasteiger partial charge on any atom is -0.441 e. The van der Waals surface area contributed by atoms with Crippen molar-refractivity contribution in [1.29, 1.82) is 5.26 Å². The normalized spacial score (nSPS) is 18.3. The number of likely N-dealkylation sites (tertiary alicyclic amines) is 1. The second kappa shape index (κ2) is 10.0. The first-order chi connectivity index (χ1) is 15.4. The molecule has 0 spiro atoms. The van der Waals surface area contributed by atoms with Gasteiger partial charge in [-0.2, -0.15) is 10.4 Å². The van der Waals surface area contributed by atoms with E-state index in [1.807, 2.05) is 0 Å². The van der Waals surface area contributed by atoms with Crippen LogP contribution in [0.3, 0.4) is 0 Å². The topological polar surface area (TPSA) is 126 Å². The minimum absolute atomic E-state index is 0.0284. The molecule has 12 heteroatoms. The SMILES string of the molecule is N#CC1CCN(C(=O)OC(CF)CF)CC1n1cc(C(N)=O)c(Nc2ccc(F)cc2)n1. The Morgan fingerprint density at radius 3 is 2.59 bits per heavy atom. The maximum Gasteiger partial charge on any atom is 0.410 e. The van der Waals surface area contributed by atoms with E-state index < -0.39 is 49.2 Å². The molecular weight excluding hydrogens is 429 g/mol. The van der Waals surface area contributed by atoms with Crippen LogP contribution < -0.4 is 11.1 Å². The fourth-order valence-corrected chi connectivity index (χ4v) is 3.34. The number of carbonyl (C=O) groups excluding carboxylic acids is 2. The van der Waals surface area contributed by atoms with Gasteiger partial charge in [-0.25, -0.2) is 18.0 Å². The molecule has 1 aliphatic rings. The lowest BCUT2D eigenvalue weighted by Crippen LogP contribution is -2.46. The molecule has 170 valence electrons. The Labute approximate surface area is 181 Å². The van der Waals surface area contributed by atoms with Crippen molar-refractivity contribution < 1.29 is 27.5 Å². The van der Waals surface area contributed by atoms with Crippen LogP contribution in [0, 0.1) is 23.1 Å². The monoisotopic (exact) mass is 450 g/mol. The van der Waals surface area contributed by atoms with Crippen LogP contribution in [0.5, 0.6) is 0 Å². The summed E-state index contributed by atoms with van der Waals surface area (Å²) in [6, 6.07) is 6.82. The Balaban J connectivity index is 1.85. The molecule has 0 aliphatic carbocycles. The van der Waals surface area contributed by atoms with E-state index in [0.29, 0.717) is 5.69 Å². The first kappa shape index (κ1) is 22.9. The zero-order valence-corrected chi connectivity index (χ0v) is 16.9. The van der Waals surface area contributed by atoms with Gasteiger partial charge >= 0.3 is 6.09 Å². The summed E-state index contributed by atoms with van der Waals surface area (Å²) >= 11 is 0. The molecule has 1 aromatic carbocycles. The van der Waals surface area contributed by atoms with Gasteiger partial charge in [-0.3, -0.25) is 9.48 Å². The maximum atomic E-state index is 13.2. The number of halogens is 3. The number of nitrogens with two attached hydrogens (primary N) is 1. The second-order valence-electron chi connectivity index (χ2n) is 7.22. The molecule has 9 nitrogen and oxygen atoms in total. The van der Waals surface area contributed by atoms with Crippen molar-refractivity contribution in [3.8, 4) is 6.07 Å². The van der Waals surface area contributed by atoms with E-state index >= 15 is 0 Å². The number of nitrogens with one attached hydrogen (secondary N) is 1. The van der Waals surface area contributed by atoms with Gasteiger partial charge in [-0.05, 0) is 30.7 Å². The lowest BCUT2D eigenvalue weighted by Gasteiger charge is -2.35. The highest BCUT2D eigenvalue weighted by Gasteiger charge is 2.35. The van der Waals surface area contributed by atoms with Gasteiger partial charge < -0.3 is 20.7 Å². The summed E-state index contributed by atoms with van der Waals surface area (Å²) in [5.74, 6) is -1.69. The third-order valence-corrected chi connectivity index (χ3v) is 5.06. The van der Waals surface area contributed by atoms with Crippen LogP contribution in [0.4, 0.5) is 29.5 Å². The number of alkyl halides is 2. The number of carbonyl (C=O) groups is 2. The molecule has 2 aromatic rings. The second-order valence-corrected chi connectivity index (χ2v) is 7.22. The highest BCUT2D eigenvalue weighted by Crippen LogP contribution is 2.30. The average molecular weight is 450 g/mol. The molecule has 2 amide bonds. The fraction of sp³-hybridized carbons (Fsp3) is 0.400. The number of ether oxygens (including phenoxy) is 1. The Morgan fingerprint density at radius 1 is 1.31 bits per heavy atom. The molecule has 3 N–H and O–H groups in total. The molecule has 1 saturated heterocycles. The summed E-state index contributed by atoms with van der Waals surface area (Å²) in [6.45, 7) is -2.18. The van der Waals surface area contributed by atoms with E-state index in [9.17, 15) is 28.0 Å². The van der Waals surface area contributed by atoms with Crippen molar-refractivity contribution in [2.45, 2.75) is 18.6 Å².